The molecular formula is C18H22BrN3O5. The van der Waals surface area contributed by atoms with Crippen LogP contribution < -0.4 is 10.6 Å². The third kappa shape index (κ3) is 7.38. The zero-order chi connectivity index (χ0) is 19.6. The quantitative estimate of drug-likeness (QED) is 0.625. The third-order valence-electron chi connectivity index (χ3n) is 3.95. The summed E-state index contributed by atoms with van der Waals surface area (Å²) >= 11 is 3.31. The minimum atomic E-state index is -0.641. The molecule has 3 amide bonds. The maximum absolute atomic E-state index is 11.8. The minimum Gasteiger partial charge on any atom is -0.454 e. The van der Waals surface area contributed by atoms with Gasteiger partial charge in [-0.2, -0.15) is 0 Å². The van der Waals surface area contributed by atoms with E-state index in [1.807, 2.05) is 6.07 Å². The molecule has 1 fully saturated rings. The molecule has 0 radical (unpaired) electrons. The van der Waals surface area contributed by atoms with Crippen LogP contribution in [0.3, 0.4) is 0 Å². The molecule has 8 nitrogen and oxygen atoms in total. The number of ether oxygens (including phenoxy) is 1. The van der Waals surface area contributed by atoms with Crippen LogP contribution in [-0.4, -0.2) is 54.8 Å². The summed E-state index contributed by atoms with van der Waals surface area (Å²) in [5.74, 6) is -1.71. The topological polar surface area (TPSA) is 105 Å². The van der Waals surface area contributed by atoms with E-state index in [-0.39, 0.29) is 19.0 Å². The van der Waals surface area contributed by atoms with Crippen molar-refractivity contribution in [3.63, 3.8) is 0 Å². The van der Waals surface area contributed by atoms with Gasteiger partial charge in [0, 0.05) is 17.4 Å². The lowest BCUT2D eigenvalue weighted by Crippen LogP contribution is -2.38. The Kier molecular flexibility index (Phi) is 8.25. The molecule has 1 heterocycles. The first kappa shape index (κ1) is 20.9. The Morgan fingerprint density at radius 2 is 1.89 bits per heavy atom. The van der Waals surface area contributed by atoms with Crippen molar-refractivity contribution in [1.82, 2.24) is 10.2 Å². The van der Waals surface area contributed by atoms with Crippen molar-refractivity contribution in [1.29, 1.82) is 0 Å². The van der Waals surface area contributed by atoms with Gasteiger partial charge >= 0.3 is 5.97 Å². The average molecular weight is 440 g/mol. The van der Waals surface area contributed by atoms with Crippen LogP contribution in [0.2, 0.25) is 0 Å². The SMILES string of the molecule is O=C(COC(=O)CN1CCCCCC1=O)NCC(=O)Nc1ccccc1Br. The number of nitrogens with zero attached hydrogens (tertiary/aromatic N) is 1. The van der Waals surface area contributed by atoms with Gasteiger partial charge < -0.3 is 20.3 Å². The highest BCUT2D eigenvalue weighted by atomic mass is 79.9. The van der Waals surface area contributed by atoms with Crippen LogP contribution in [0.5, 0.6) is 0 Å². The number of hydrogen-bond acceptors (Lipinski definition) is 5. The fourth-order valence-electron chi connectivity index (χ4n) is 2.54. The Bertz CT molecular complexity index is 710. The highest BCUT2D eigenvalue weighted by molar-refractivity contribution is 9.10. The van der Waals surface area contributed by atoms with E-state index in [2.05, 4.69) is 26.6 Å². The molecule has 1 saturated heterocycles. The molecule has 9 heteroatoms. The molecule has 1 aromatic carbocycles. The number of halogens is 1. The van der Waals surface area contributed by atoms with Gasteiger partial charge in [-0.3, -0.25) is 19.2 Å². The standard InChI is InChI=1S/C18H22BrN3O5/c19-13-6-3-4-7-14(13)21-15(23)10-20-16(24)12-27-18(26)11-22-9-5-1-2-8-17(22)25/h3-4,6-7H,1-2,5,8-12H2,(H,20,24)(H,21,23). The fraction of sp³-hybridized carbons (Fsp3) is 0.444. The Morgan fingerprint density at radius 1 is 1.11 bits per heavy atom. The molecule has 0 saturated carbocycles. The Labute approximate surface area is 165 Å². The first-order valence-corrected chi connectivity index (χ1v) is 9.49. The summed E-state index contributed by atoms with van der Waals surface area (Å²) in [6.45, 7) is -0.379. The van der Waals surface area contributed by atoms with Gasteiger partial charge in [0.1, 0.15) is 6.54 Å². The van der Waals surface area contributed by atoms with E-state index < -0.39 is 24.4 Å². The number of esters is 1. The van der Waals surface area contributed by atoms with E-state index in [0.29, 0.717) is 18.7 Å². The predicted molar refractivity (Wildman–Crippen MR) is 102 cm³/mol. The normalized spacial score (nSPS) is 14.3. The van der Waals surface area contributed by atoms with Crippen molar-refractivity contribution in [2.24, 2.45) is 0 Å². The number of benzene rings is 1. The first-order valence-electron chi connectivity index (χ1n) is 8.70. The van der Waals surface area contributed by atoms with Gasteiger partial charge in [0.05, 0.1) is 12.2 Å². The number of amides is 3. The van der Waals surface area contributed by atoms with Crippen LogP contribution in [-0.2, 0) is 23.9 Å². The van der Waals surface area contributed by atoms with Crippen molar-refractivity contribution in [2.45, 2.75) is 25.7 Å². The zero-order valence-electron chi connectivity index (χ0n) is 14.8. The molecule has 0 atom stereocenters. The molecule has 27 heavy (non-hydrogen) atoms. The number of carbonyl (C=O) groups excluding carboxylic acids is 4. The van der Waals surface area contributed by atoms with Crippen molar-refractivity contribution in [2.75, 3.05) is 31.6 Å². The van der Waals surface area contributed by atoms with Gasteiger partial charge in [-0.15, -0.1) is 0 Å². The predicted octanol–water partition coefficient (Wildman–Crippen LogP) is 1.45. The summed E-state index contributed by atoms with van der Waals surface area (Å²) < 4.78 is 5.61. The number of para-hydroxylation sites is 1. The molecular weight excluding hydrogens is 418 g/mol. The van der Waals surface area contributed by atoms with Crippen molar-refractivity contribution >= 4 is 45.3 Å². The van der Waals surface area contributed by atoms with Crippen molar-refractivity contribution in [3.05, 3.63) is 28.7 Å². The molecule has 2 N–H and O–H groups in total. The van der Waals surface area contributed by atoms with E-state index in [1.54, 1.807) is 18.2 Å². The lowest BCUT2D eigenvalue weighted by molar-refractivity contribution is -0.152. The van der Waals surface area contributed by atoms with Crippen LogP contribution in [0.25, 0.3) is 0 Å². The van der Waals surface area contributed by atoms with E-state index >= 15 is 0 Å². The molecule has 146 valence electrons. The average Bonchev–Trinajstić information content (AvgIpc) is 2.84. The van der Waals surface area contributed by atoms with Crippen LogP contribution in [0.4, 0.5) is 5.69 Å². The zero-order valence-corrected chi connectivity index (χ0v) is 16.4. The smallest absolute Gasteiger partial charge is 0.326 e. The summed E-state index contributed by atoms with van der Waals surface area (Å²) in [5, 5.41) is 5.02. The number of rotatable bonds is 7. The molecule has 1 aliphatic rings. The number of likely N-dealkylation sites (tertiary alicyclic amines) is 1. The van der Waals surface area contributed by atoms with Gasteiger partial charge in [-0.25, -0.2) is 0 Å². The van der Waals surface area contributed by atoms with Gasteiger partial charge in [0.2, 0.25) is 11.8 Å². The number of anilines is 1. The molecule has 1 aliphatic heterocycles. The van der Waals surface area contributed by atoms with E-state index in [4.69, 9.17) is 4.74 Å². The Balaban J connectivity index is 1.66. The van der Waals surface area contributed by atoms with Gasteiger partial charge in [-0.1, -0.05) is 18.6 Å². The summed E-state index contributed by atoms with van der Waals surface area (Å²) in [7, 11) is 0. The number of hydrogen-bond donors (Lipinski definition) is 2. The first-order chi connectivity index (χ1) is 13.0. The molecule has 0 spiro atoms. The van der Waals surface area contributed by atoms with Gasteiger partial charge in [0.15, 0.2) is 6.61 Å². The van der Waals surface area contributed by atoms with Crippen molar-refractivity contribution in [3.8, 4) is 0 Å². The summed E-state index contributed by atoms with van der Waals surface area (Å²) in [6, 6.07) is 7.08. The second kappa shape index (κ2) is 10.7. The van der Waals surface area contributed by atoms with E-state index in [1.165, 1.54) is 4.90 Å². The molecule has 0 bridgehead atoms. The number of nitrogens with one attached hydrogen (secondary N) is 2. The monoisotopic (exact) mass is 439 g/mol. The highest BCUT2D eigenvalue weighted by Crippen LogP contribution is 2.20. The maximum Gasteiger partial charge on any atom is 0.326 e. The fourth-order valence-corrected chi connectivity index (χ4v) is 2.92. The summed E-state index contributed by atoms with van der Waals surface area (Å²) in [4.78, 5) is 48.7. The molecule has 0 aromatic heterocycles. The highest BCUT2D eigenvalue weighted by Gasteiger charge is 2.20. The Morgan fingerprint density at radius 3 is 2.67 bits per heavy atom. The number of carbonyl (C=O) groups is 4. The largest absolute Gasteiger partial charge is 0.454 e. The Hall–Kier alpha value is -2.42. The second-order valence-corrected chi connectivity index (χ2v) is 6.95. The maximum atomic E-state index is 11.8. The molecule has 0 aliphatic carbocycles. The van der Waals surface area contributed by atoms with E-state index in [0.717, 1.165) is 23.7 Å². The minimum absolute atomic E-state index is 0.0716. The lowest BCUT2D eigenvalue weighted by Gasteiger charge is -2.19. The molecule has 1 aromatic rings. The molecule has 2 rings (SSSR count). The summed E-state index contributed by atoms with van der Waals surface area (Å²) in [6.07, 6.45) is 3.07. The van der Waals surface area contributed by atoms with Crippen LogP contribution >= 0.6 is 15.9 Å². The molecule has 0 unspecified atom stereocenters. The second-order valence-electron chi connectivity index (χ2n) is 6.09. The summed E-state index contributed by atoms with van der Waals surface area (Å²) in [5.41, 5.74) is 0.588. The van der Waals surface area contributed by atoms with Gasteiger partial charge in [-0.05, 0) is 40.9 Å². The van der Waals surface area contributed by atoms with Crippen molar-refractivity contribution < 1.29 is 23.9 Å². The third-order valence-corrected chi connectivity index (χ3v) is 4.64. The van der Waals surface area contributed by atoms with Crippen LogP contribution in [0.1, 0.15) is 25.7 Å². The lowest BCUT2D eigenvalue weighted by atomic mass is 10.2. The van der Waals surface area contributed by atoms with Gasteiger partial charge in [0.25, 0.3) is 5.91 Å². The van der Waals surface area contributed by atoms with Crippen LogP contribution in [0, 0.1) is 0 Å². The van der Waals surface area contributed by atoms with E-state index in [9.17, 15) is 19.2 Å². The van der Waals surface area contributed by atoms with Crippen LogP contribution in [0.15, 0.2) is 28.7 Å².